The van der Waals surface area contributed by atoms with E-state index >= 15 is 0 Å². The number of carbonyl (C=O) groups is 1. The fourth-order valence-corrected chi connectivity index (χ4v) is 1.85. The van der Waals surface area contributed by atoms with Gasteiger partial charge in [0.05, 0.1) is 13.7 Å². The van der Waals surface area contributed by atoms with Crippen LogP contribution in [-0.4, -0.2) is 38.8 Å². The molecule has 1 aromatic carbocycles. The van der Waals surface area contributed by atoms with Gasteiger partial charge in [0.1, 0.15) is 11.9 Å². The maximum atomic E-state index is 12.0. The standard InChI is InChI=1S/C13H18N2O3/c1-9-7-10(17-2)3-4-11(9)15-13(16)12-8-14-5-6-18-12/h3-4,7,12,14H,5-6,8H2,1-2H3,(H,15,16). The van der Waals surface area contributed by atoms with E-state index in [0.29, 0.717) is 13.2 Å². The lowest BCUT2D eigenvalue weighted by molar-refractivity contribution is -0.128. The molecule has 0 aliphatic carbocycles. The van der Waals surface area contributed by atoms with Crippen molar-refractivity contribution in [1.82, 2.24) is 5.32 Å². The summed E-state index contributed by atoms with van der Waals surface area (Å²) in [6, 6.07) is 5.54. The summed E-state index contributed by atoms with van der Waals surface area (Å²) in [6.45, 7) is 3.85. The molecule has 1 fully saturated rings. The molecule has 2 N–H and O–H groups in total. The molecule has 1 aliphatic rings. The lowest BCUT2D eigenvalue weighted by Crippen LogP contribution is -2.45. The Morgan fingerprint density at radius 1 is 1.56 bits per heavy atom. The molecule has 0 radical (unpaired) electrons. The Morgan fingerprint density at radius 3 is 3.00 bits per heavy atom. The van der Waals surface area contributed by atoms with Crippen LogP contribution in [0.1, 0.15) is 5.56 Å². The number of ether oxygens (including phenoxy) is 2. The number of morpholine rings is 1. The average molecular weight is 250 g/mol. The zero-order valence-corrected chi connectivity index (χ0v) is 10.7. The molecule has 1 unspecified atom stereocenters. The average Bonchev–Trinajstić information content (AvgIpc) is 2.42. The second kappa shape index (κ2) is 5.84. The predicted octanol–water partition coefficient (Wildman–Crippen LogP) is 0.931. The van der Waals surface area contributed by atoms with Crippen LogP contribution in [0.2, 0.25) is 0 Å². The van der Waals surface area contributed by atoms with Crippen molar-refractivity contribution in [3.8, 4) is 5.75 Å². The maximum absolute atomic E-state index is 12.0. The first-order valence-electron chi connectivity index (χ1n) is 5.98. The molecule has 1 amide bonds. The molecule has 98 valence electrons. The minimum atomic E-state index is -0.416. The van der Waals surface area contributed by atoms with Gasteiger partial charge in [0.25, 0.3) is 5.91 Å². The highest BCUT2D eigenvalue weighted by molar-refractivity contribution is 5.95. The van der Waals surface area contributed by atoms with Crippen LogP contribution in [0.5, 0.6) is 5.75 Å². The molecule has 1 saturated heterocycles. The molecule has 1 atom stereocenters. The Kier molecular flexibility index (Phi) is 4.17. The first-order chi connectivity index (χ1) is 8.70. The fraction of sp³-hybridized carbons (Fsp3) is 0.462. The van der Waals surface area contributed by atoms with Crippen LogP contribution < -0.4 is 15.4 Å². The van der Waals surface area contributed by atoms with Gasteiger partial charge in [-0.25, -0.2) is 0 Å². The lowest BCUT2D eigenvalue weighted by Gasteiger charge is -2.23. The van der Waals surface area contributed by atoms with Crippen LogP contribution >= 0.6 is 0 Å². The van der Waals surface area contributed by atoms with Crippen molar-refractivity contribution < 1.29 is 14.3 Å². The van der Waals surface area contributed by atoms with E-state index in [9.17, 15) is 4.79 Å². The molecule has 2 rings (SSSR count). The molecule has 0 spiro atoms. The van der Waals surface area contributed by atoms with Crippen molar-refractivity contribution in [2.45, 2.75) is 13.0 Å². The van der Waals surface area contributed by atoms with Gasteiger partial charge in [0.2, 0.25) is 0 Å². The molecule has 1 heterocycles. The molecule has 18 heavy (non-hydrogen) atoms. The monoisotopic (exact) mass is 250 g/mol. The van der Waals surface area contributed by atoms with Crippen molar-refractivity contribution in [2.24, 2.45) is 0 Å². The summed E-state index contributed by atoms with van der Waals surface area (Å²) in [5.41, 5.74) is 1.75. The van der Waals surface area contributed by atoms with E-state index in [1.54, 1.807) is 7.11 Å². The van der Waals surface area contributed by atoms with Crippen LogP contribution in [-0.2, 0) is 9.53 Å². The van der Waals surface area contributed by atoms with Gasteiger partial charge in [-0.05, 0) is 30.7 Å². The molecule has 1 aliphatic heterocycles. The van der Waals surface area contributed by atoms with Crippen LogP contribution in [0.15, 0.2) is 18.2 Å². The number of anilines is 1. The van der Waals surface area contributed by atoms with Gasteiger partial charge in [0, 0.05) is 18.8 Å². The second-order valence-electron chi connectivity index (χ2n) is 4.23. The van der Waals surface area contributed by atoms with Gasteiger partial charge in [-0.3, -0.25) is 4.79 Å². The highest BCUT2D eigenvalue weighted by Crippen LogP contribution is 2.21. The summed E-state index contributed by atoms with van der Waals surface area (Å²) in [7, 11) is 1.62. The Hall–Kier alpha value is -1.59. The Morgan fingerprint density at radius 2 is 2.39 bits per heavy atom. The third-order valence-electron chi connectivity index (χ3n) is 2.91. The summed E-state index contributed by atoms with van der Waals surface area (Å²) in [5.74, 6) is 0.663. The van der Waals surface area contributed by atoms with Crippen LogP contribution in [0.3, 0.4) is 0 Å². The first kappa shape index (κ1) is 12.9. The lowest BCUT2D eigenvalue weighted by atomic mass is 10.2. The summed E-state index contributed by atoms with van der Waals surface area (Å²) in [4.78, 5) is 12.0. The number of carbonyl (C=O) groups excluding carboxylic acids is 1. The number of methoxy groups -OCH3 is 1. The van der Waals surface area contributed by atoms with Crippen molar-refractivity contribution in [3.05, 3.63) is 23.8 Å². The molecular weight excluding hydrogens is 232 g/mol. The van der Waals surface area contributed by atoms with Gasteiger partial charge in [-0.1, -0.05) is 0 Å². The van der Waals surface area contributed by atoms with Gasteiger partial charge < -0.3 is 20.1 Å². The number of rotatable bonds is 3. The first-order valence-corrected chi connectivity index (χ1v) is 5.98. The molecule has 0 bridgehead atoms. The molecule has 5 nitrogen and oxygen atoms in total. The smallest absolute Gasteiger partial charge is 0.254 e. The molecule has 0 saturated carbocycles. The number of aryl methyl sites for hydroxylation is 1. The molecule has 0 aromatic heterocycles. The third kappa shape index (κ3) is 3.00. The van der Waals surface area contributed by atoms with E-state index in [-0.39, 0.29) is 5.91 Å². The van der Waals surface area contributed by atoms with Crippen molar-refractivity contribution in [1.29, 1.82) is 0 Å². The van der Waals surface area contributed by atoms with Gasteiger partial charge in [-0.15, -0.1) is 0 Å². The third-order valence-corrected chi connectivity index (χ3v) is 2.91. The molecule has 5 heteroatoms. The topological polar surface area (TPSA) is 59.6 Å². The zero-order valence-electron chi connectivity index (χ0n) is 10.7. The minimum Gasteiger partial charge on any atom is -0.497 e. The normalized spacial score (nSPS) is 19.3. The maximum Gasteiger partial charge on any atom is 0.254 e. The van der Waals surface area contributed by atoms with E-state index in [2.05, 4.69) is 10.6 Å². The number of hydrogen-bond acceptors (Lipinski definition) is 4. The Bertz CT molecular complexity index is 428. The van der Waals surface area contributed by atoms with Gasteiger partial charge in [0.15, 0.2) is 0 Å². The SMILES string of the molecule is COc1ccc(NC(=O)C2CNCCO2)c(C)c1. The highest BCUT2D eigenvalue weighted by atomic mass is 16.5. The van der Waals surface area contributed by atoms with Crippen molar-refractivity contribution in [3.63, 3.8) is 0 Å². The fourth-order valence-electron chi connectivity index (χ4n) is 1.85. The predicted molar refractivity (Wildman–Crippen MR) is 69.0 cm³/mol. The summed E-state index contributed by atoms with van der Waals surface area (Å²) >= 11 is 0. The summed E-state index contributed by atoms with van der Waals surface area (Å²) in [6.07, 6.45) is -0.416. The van der Waals surface area contributed by atoms with Crippen LogP contribution in [0.4, 0.5) is 5.69 Å². The minimum absolute atomic E-state index is 0.115. The highest BCUT2D eigenvalue weighted by Gasteiger charge is 2.22. The van der Waals surface area contributed by atoms with E-state index in [1.165, 1.54) is 0 Å². The Labute approximate surface area is 106 Å². The summed E-state index contributed by atoms with van der Waals surface area (Å²) < 4.78 is 10.5. The van der Waals surface area contributed by atoms with Gasteiger partial charge >= 0.3 is 0 Å². The number of nitrogens with one attached hydrogen (secondary N) is 2. The van der Waals surface area contributed by atoms with Crippen LogP contribution in [0, 0.1) is 6.92 Å². The second-order valence-corrected chi connectivity index (χ2v) is 4.23. The number of benzene rings is 1. The zero-order chi connectivity index (χ0) is 13.0. The number of hydrogen-bond donors (Lipinski definition) is 2. The quantitative estimate of drug-likeness (QED) is 0.838. The summed E-state index contributed by atoms with van der Waals surface area (Å²) in [5, 5.41) is 6.00. The molecule has 1 aromatic rings. The van der Waals surface area contributed by atoms with Crippen LogP contribution in [0.25, 0.3) is 0 Å². The van der Waals surface area contributed by atoms with E-state index < -0.39 is 6.10 Å². The van der Waals surface area contributed by atoms with E-state index in [1.807, 2.05) is 25.1 Å². The van der Waals surface area contributed by atoms with E-state index in [0.717, 1.165) is 23.5 Å². The van der Waals surface area contributed by atoms with E-state index in [4.69, 9.17) is 9.47 Å². The van der Waals surface area contributed by atoms with Crippen molar-refractivity contribution in [2.75, 3.05) is 32.1 Å². The molecular formula is C13H18N2O3. The van der Waals surface area contributed by atoms with Gasteiger partial charge in [-0.2, -0.15) is 0 Å². The Balaban J connectivity index is 2.02. The van der Waals surface area contributed by atoms with Crippen molar-refractivity contribution >= 4 is 11.6 Å². The largest absolute Gasteiger partial charge is 0.497 e. The number of amides is 1.